The Bertz CT molecular complexity index is 866. The van der Waals surface area contributed by atoms with Crippen molar-refractivity contribution in [3.05, 3.63) is 59.2 Å². The molecule has 1 unspecified atom stereocenters. The van der Waals surface area contributed by atoms with Crippen LogP contribution in [0.15, 0.2) is 36.5 Å². The van der Waals surface area contributed by atoms with Crippen LogP contribution in [0.25, 0.3) is 0 Å². The van der Waals surface area contributed by atoms with Crippen LogP contribution in [0.3, 0.4) is 0 Å². The highest BCUT2D eigenvalue weighted by Gasteiger charge is 2.42. The number of amides is 2. The number of imide groups is 1. The summed E-state index contributed by atoms with van der Waals surface area (Å²) in [5, 5.41) is 0. The quantitative estimate of drug-likeness (QED) is 0.779. The lowest BCUT2D eigenvalue weighted by atomic mass is 10.0. The number of hydrogen-bond donors (Lipinski definition) is 0. The summed E-state index contributed by atoms with van der Waals surface area (Å²) in [6.45, 7) is 5.88. The molecule has 0 aliphatic carbocycles. The largest absolute Gasteiger partial charge is 0.287 e. The van der Waals surface area contributed by atoms with Crippen LogP contribution in [-0.4, -0.2) is 44.2 Å². The minimum atomic E-state index is -0.376. The summed E-state index contributed by atoms with van der Waals surface area (Å²) in [5.41, 5.74) is 3.11. The van der Waals surface area contributed by atoms with Crippen LogP contribution in [0.2, 0.25) is 0 Å². The molecule has 1 fully saturated rings. The first kappa shape index (κ1) is 17.8. The minimum Gasteiger partial charge on any atom is -0.287 e. The molecule has 0 bridgehead atoms. The van der Waals surface area contributed by atoms with Crippen molar-refractivity contribution in [3.63, 3.8) is 0 Å². The topological polar surface area (TPSA) is 66.4 Å². The van der Waals surface area contributed by atoms with E-state index in [1.807, 2.05) is 36.5 Å². The van der Waals surface area contributed by atoms with E-state index in [0.717, 1.165) is 35.6 Å². The van der Waals surface area contributed by atoms with Gasteiger partial charge in [0.05, 0.1) is 19.0 Å². The molecule has 2 aliphatic heterocycles. The van der Waals surface area contributed by atoms with Crippen molar-refractivity contribution in [2.75, 3.05) is 6.54 Å². The third kappa shape index (κ3) is 3.49. The van der Waals surface area contributed by atoms with Crippen molar-refractivity contribution in [2.45, 2.75) is 51.7 Å². The standard InChI is InChI=1S/C21H24N4O2/c1-14(2)20-22-11-16-13-24(9-8-17(16)23-20)18-10-19(26)25(21(18)27)12-15-6-4-3-5-7-15/h3-7,11,14,18H,8-10,12-13H2,1-2H3. The van der Waals surface area contributed by atoms with E-state index in [9.17, 15) is 9.59 Å². The number of nitrogens with zero attached hydrogens (tertiary/aromatic N) is 4. The molecule has 2 aliphatic rings. The summed E-state index contributed by atoms with van der Waals surface area (Å²) in [6.07, 6.45) is 2.92. The molecule has 4 rings (SSSR count). The molecular formula is C21H24N4O2. The van der Waals surface area contributed by atoms with Gasteiger partial charge in [-0.3, -0.25) is 19.4 Å². The second-order valence-corrected chi connectivity index (χ2v) is 7.60. The number of fused-ring (bicyclic) bond motifs is 1. The van der Waals surface area contributed by atoms with Gasteiger partial charge < -0.3 is 0 Å². The van der Waals surface area contributed by atoms with Gasteiger partial charge in [0.1, 0.15) is 5.82 Å². The molecule has 0 saturated carbocycles. The van der Waals surface area contributed by atoms with Crippen LogP contribution in [-0.2, 0) is 29.1 Å². The summed E-state index contributed by atoms with van der Waals surface area (Å²) < 4.78 is 0. The highest BCUT2D eigenvalue weighted by molar-refractivity contribution is 6.05. The summed E-state index contributed by atoms with van der Waals surface area (Å²) in [5.74, 6) is 0.982. The van der Waals surface area contributed by atoms with Gasteiger partial charge in [0.15, 0.2) is 0 Å². The second-order valence-electron chi connectivity index (χ2n) is 7.60. The Hall–Kier alpha value is -2.60. The predicted octanol–water partition coefficient (Wildman–Crippen LogP) is 2.29. The van der Waals surface area contributed by atoms with E-state index in [-0.39, 0.29) is 24.3 Å². The van der Waals surface area contributed by atoms with Crippen LogP contribution >= 0.6 is 0 Å². The Morgan fingerprint density at radius 2 is 1.96 bits per heavy atom. The first-order valence-corrected chi connectivity index (χ1v) is 9.50. The molecule has 27 heavy (non-hydrogen) atoms. The van der Waals surface area contributed by atoms with Gasteiger partial charge >= 0.3 is 0 Å². The number of aromatic nitrogens is 2. The van der Waals surface area contributed by atoms with Gasteiger partial charge in [0, 0.05) is 42.9 Å². The van der Waals surface area contributed by atoms with E-state index >= 15 is 0 Å². The molecule has 140 valence electrons. The Balaban J connectivity index is 1.48. The van der Waals surface area contributed by atoms with Crippen LogP contribution in [0, 0.1) is 0 Å². The molecule has 3 heterocycles. The van der Waals surface area contributed by atoms with Gasteiger partial charge in [-0.2, -0.15) is 0 Å². The maximum atomic E-state index is 12.9. The number of hydrogen-bond acceptors (Lipinski definition) is 5. The molecule has 2 amide bonds. The second kappa shape index (κ2) is 7.19. The zero-order chi connectivity index (χ0) is 19.0. The lowest BCUT2D eigenvalue weighted by Gasteiger charge is -2.31. The maximum Gasteiger partial charge on any atom is 0.247 e. The van der Waals surface area contributed by atoms with E-state index in [1.54, 1.807) is 0 Å². The summed E-state index contributed by atoms with van der Waals surface area (Å²) in [7, 11) is 0. The lowest BCUT2D eigenvalue weighted by molar-refractivity contribution is -0.140. The number of carbonyl (C=O) groups is 2. The highest BCUT2D eigenvalue weighted by atomic mass is 16.2. The molecule has 2 aromatic rings. The van der Waals surface area contributed by atoms with Crippen molar-refractivity contribution in [1.82, 2.24) is 19.8 Å². The van der Waals surface area contributed by atoms with Crippen molar-refractivity contribution in [1.29, 1.82) is 0 Å². The van der Waals surface area contributed by atoms with Gasteiger partial charge in [-0.1, -0.05) is 44.2 Å². The summed E-state index contributed by atoms with van der Waals surface area (Å²) >= 11 is 0. The monoisotopic (exact) mass is 364 g/mol. The van der Waals surface area contributed by atoms with Crippen LogP contribution < -0.4 is 0 Å². The van der Waals surface area contributed by atoms with Crippen LogP contribution in [0.1, 0.15) is 48.8 Å². The molecular weight excluding hydrogens is 340 g/mol. The third-order valence-corrected chi connectivity index (χ3v) is 5.34. The van der Waals surface area contributed by atoms with E-state index in [2.05, 4.69) is 28.7 Å². The summed E-state index contributed by atoms with van der Waals surface area (Å²) in [4.78, 5) is 38.0. The number of likely N-dealkylation sites (tertiary alicyclic amines) is 1. The summed E-state index contributed by atoms with van der Waals surface area (Å²) in [6, 6.07) is 9.27. The maximum absolute atomic E-state index is 12.9. The molecule has 1 atom stereocenters. The minimum absolute atomic E-state index is 0.0907. The van der Waals surface area contributed by atoms with Gasteiger partial charge in [-0.15, -0.1) is 0 Å². The normalized spacial score (nSPS) is 20.4. The fourth-order valence-corrected chi connectivity index (χ4v) is 3.78. The van der Waals surface area contributed by atoms with Gasteiger partial charge in [0.2, 0.25) is 11.8 Å². The fraction of sp³-hybridized carbons (Fsp3) is 0.429. The molecule has 0 radical (unpaired) electrons. The SMILES string of the molecule is CC(C)c1ncc2c(n1)CCN(C1CC(=O)N(Cc3ccccc3)C1=O)C2. The Labute approximate surface area is 159 Å². The van der Waals surface area contributed by atoms with E-state index < -0.39 is 0 Å². The van der Waals surface area contributed by atoms with Crippen molar-refractivity contribution >= 4 is 11.8 Å². The molecule has 1 aromatic heterocycles. The molecule has 0 spiro atoms. The number of rotatable bonds is 4. The number of benzene rings is 1. The molecule has 6 nitrogen and oxygen atoms in total. The van der Waals surface area contributed by atoms with Crippen molar-refractivity contribution in [3.8, 4) is 0 Å². The van der Waals surface area contributed by atoms with Crippen LogP contribution in [0.5, 0.6) is 0 Å². The van der Waals surface area contributed by atoms with Gasteiger partial charge in [-0.05, 0) is 5.56 Å². The first-order chi connectivity index (χ1) is 13.0. The molecule has 1 saturated heterocycles. The average Bonchev–Trinajstić information content (AvgIpc) is 2.96. The average molecular weight is 364 g/mol. The molecule has 6 heteroatoms. The van der Waals surface area contributed by atoms with E-state index in [0.29, 0.717) is 19.0 Å². The van der Waals surface area contributed by atoms with Gasteiger partial charge in [0.25, 0.3) is 0 Å². The fourth-order valence-electron chi connectivity index (χ4n) is 3.78. The van der Waals surface area contributed by atoms with Crippen LogP contribution in [0.4, 0.5) is 0 Å². The van der Waals surface area contributed by atoms with E-state index in [1.165, 1.54) is 4.90 Å². The predicted molar refractivity (Wildman–Crippen MR) is 101 cm³/mol. The lowest BCUT2D eigenvalue weighted by Crippen LogP contribution is -2.44. The highest BCUT2D eigenvalue weighted by Crippen LogP contribution is 2.26. The smallest absolute Gasteiger partial charge is 0.247 e. The first-order valence-electron chi connectivity index (χ1n) is 9.50. The molecule has 0 N–H and O–H groups in total. The third-order valence-electron chi connectivity index (χ3n) is 5.34. The van der Waals surface area contributed by atoms with Crippen molar-refractivity contribution < 1.29 is 9.59 Å². The Kier molecular flexibility index (Phi) is 4.74. The van der Waals surface area contributed by atoms with E-state index in [4.69, 9.17) is 0 Å². The Morgan fingerprint density at radius 3 is 2.70 bits per heavy atom. The van der Waals surface area contributed by atoms with Gasteiger partial charge in [-0.25, -0.2) is 9.97 Å². The zero-order valence-corrected chi connectivity index (χ0v) is 15.8. The Morgan fingerprint density at radius 1 is 1.19 bits per heavy atom. The number of carbonyl (C=O) groups excluding carboxylic acids is 2. The zero-order valence-electron chi connectivity index (χ0n) is 15.8. The molecule has 1 aromatic carbocycles. The van der Waals surface area contributed by atoms with Crippen molar-refractivity contribution in [2.24, 2.45) is 0 Å².